The third-order valence-electron chi connectivity index (χ3n) is 6.07. The summed E-state index contributed by atoms with van der Waals surface area (Å²) >= 11 is 0. The SMILES string of the molecule is CN=C(NCCCc1nnc2ccccn12)NC1CC(C)(OC)C1(C)C.I. The first-order valence-electron chi connectivity index (χ1n) is 9.22. The molecular weight excluding hydrogens is 455 g/mol. The van der Waals surface area contributed by atoms with Crippen molar-refractivity contribution in [3.05, 3.63) is 30.2 Å². The van der Waals surface area contributed by atoms with Crippen molar-refractivity contribution in [3.63, 3.8) is 0 Å². The predicted octanol–water partition coefficient (Wildman–Crippen LogP) is 2.65. The monoisotopic (exact) mass is 486 g/mol. The number of aliphatic imine (C=N–C) groups is 1. The first-order valence-corrected chi connectivity index (χ1v) is 9.22. The molecule has 0 spiro atoms. The molecule has 7 nitrogen and oxygen atoms in total. The maximum atomic E-state index is 5.69. The normalized spacial score (nSPS) is 24.2. The number of aryl methyl sites for hydroxylation is 1. The number of nitrogens with zero attached hydrogens (tertiary/aromatic N) is 4. The molecule has 2 aromatic heterocycles. The molecular formula is C19H31IN6O. The number of aromatic nitrogens is 3. The molecule has 3 rings (SSSR count). The maximum absolute atomic E-state index is 5.69. The third kappa shape index (κ3) is 4.21. The number of hydrogen-bond donors (Lipinski definition) is 2. The van der Waals surface area contributed by atoms with E-state index in [1.165, 1.54) is 0 Å². The number of rotatable bonds is 6. The second kappa shape index (κ2) is 8.72. The van der Waals surface area contributed by atoms with Crippen molar-refractivity contribution in [1.82, 2.24) is 25.2 Å². The van der Waals surface area contributed by atoms with Gasteiger partial charge >= 0.3 is 0 Å². The van der Waals surface area contributed by atoms with Gasteiger partial charge in [-0.3, -0.25) is 9.39 Å². The molecule has 0 amide bonds. The zero-order valence-electron chi connectivity index (χ0n) is 16.8. The minimum absolute atomic E-state index is 0. The number of nitrogens with one attached hydrogen (secondary N) is 2. The standard InChI is InChI=1S/C19H30N6O.HI/c1-18(2)14(13-19(18,3)26-5)22-17(20-4)21-11-8-10-16-24-23-15-9-6-7-12-25(15)16;/h6-7,9,12,14H,8,10-11,13H2,1-5H3,(H2,20,21,22);1H. The fraction of sp³-hybridized carbons (Fsp3) is 0.632. The Balaban J connectivity index is 0.00000261. The minimum Gasteiger partial charge on any atom is -0.378 e. The fourth-order valence-electron chi connectivity index (χ4n) is 3.60. The van der Waals surface area contributed by atoms with Crippen LogP contribution in [0.25, 0.3) is 5.65 Å². The largest absolute Gasteiger partial charge is 0.378 e. The molecule has 2 unspecified atom stereocenters. The van der Waals surface area contributed by atoms with Crippen LogP contribution in [0.4, 0.5) is 0 Å². The molecule has 27 heavy (non-hydrogen) atoms. The summed E-state index contributed by atoms with van der Waals surface area (Å²) < 4.78 is 7.73. The Bertz CT molecular complexity index is 789. The lowest BCUT2D eigenvalue weighted by molar-refractivity contribution is -0.176. The Labute approximate surface area is 178 Å². The van der Waals surface area contributed by atoms with Gasteiger partial charge in [0, 0.05) is 44.8 Å². The van der Waals surface area contributed by atoms with Gasteiger partial charge in [-0.15, -0.1) is 34.2 Å². The molecule has 0 radical (unpaired) electrons. The Morgan fingerprint density at radius 3 is 2.78 bits per heavy atom. The van der Waals surface area contributed by atoms with E-state index in [-0.39, 0.29) is 35.0 Å². The van der Waals surface area contributed by atoms with Gasteiger partial charge in [-0.2, -0.15) is 0 Å². The van der Waals surface area contributed by atoms with Crippen molar-refractivity contribution in [2.24, 2.45) is 10.4 Å². The van der Waals surface area contributed by atoms with Crippen LogP contribution in [0.15, 0.2) is 29.4 Å². The van der Waals surface area contributed by atoms with E-state index in [1.807, 2.05) is 35.8 Å². The van der Waals surface area contributed by atoms with Crippen LogP contribution in [-0.4, -0.2) is 52.9 Å². The van der Waals surface area contributed by atoms with Crippen LogP contribution in [-0.2, 0) is 11.2 Å². The number of hydrogen-bond acceptors (Lipinski definition) is 4. The molecule has 2 N–H and O–H groups in total. The molecule has 1 saturated carbocycles. The van der Waals surface area contributed by atoms with E-state index in [1.54, 1.807) is 7.11 Å². The van der Waals surface area contributed by atoms with Gasteiger partial charge in [0.2, 0.25) is 0 Å². The van der Waals surface area contributed by atoms with Crippen molar-refractivity contribution >= 4 is 35.6 Å². The van der Waals surface area contributed by atoms with Crippen molar-refractivity contribution in [2.45, 2.75) is 51.7 Å². The summed E-state index contributed by atoms with van der Waals surface area (Å²) in [4.78, 5) is 4.35. The van der Waals surface area contributed by atoms with Gasteiger partial charge in [0.1, 0.15) is 5.82 Å². The van der Waals surface area contributed by atoms with E-state index in [0.29, 0.717) is 6.04 Å². The number of halogens is 1. The van der Waals surface area contributed by atoms with Gasteiger partial charge in [0.05, 0.1) is 5.60 Å². The number of fused-ring (bicyclic) bond motifs is 1. The summed E-state index contributed by atoms with van der Waals surface area (Å²) in [6, 6.07) is 6.29. The molecule has 0 aromatic carbocycles. The quantitative estimate of drug-likeness (QED) is 0.284. The van der Waals surface area contributed by atoms with E-state index in [2.05, 4.69) is 46.6 Å². The fourth-order valence-corrected chi connectivity index (χ4v) is 3.60. The van der Waals surface area contributed by atoms with E-state index in [4.69, 9.17) is 4.74 Å². The van der Waals surface area contributed by atoms with Crippen molar-refractivity contribution in [3.8, 4) is 0 Å². The second-order valence-corrected chi connectivity index (χ2v) is 7.71. The molecule has 1 aliphatic rings. The zero-order chi connectivity index (χ0) is 18.8. The summed E-state index contributed by atoms with van der Waals surface area (Å²) in [7, 11) is 3.60. The average molecular weight is 486 g/mol. The highest BCUT2D eigenvalue weighted by Crippen LogP contribution is 2.51. The first-order chi connectivity index (χ1) is 12.4. The molecule has 0 bridgehead atoms. The number of ether oxygens (including phenoxy) is 1. The number of methoxy groups -OCH3 is 1. The Morgan fingerprint density at radius 2 is 2.11 bits per heavy atom. The zero-order valence-corrected chi connectivity index (χ0v) is 19.2. The van der Waals surface area contributed by atoms with Crippen LogP contribution in [0.5, 0.6) is 0 Å². The lowest BCUT2D eigenvalue weighted by Crippen LogP contribution is -2.69. The van der Waals surface area contributed by atoms with Gasteiger partial charge in [-0.05, 0) is 31.9 Å². The number of guanidine groups is 1. The lowest BCUT2D eigenvalue weighted by Gasteiger charge is -2.59. The molecule has 0 saturated heterocycles. The maximum Gasteiger partial charge on any atom is 0.191 e. The summed E-state index contributed by atoms with van der Waals surface area (Å²) in [5.41, 5.74) is 0.860. The van der Waals surface area contributed by atoms with Gasteiger partial charge < -0.3 is 15.4 Å². The summed E-state index contributed by atoms with van der Waals surface area (Å²) in [5, 5.41) is 15.4. The summed E-state index contributed by atoms with van der Waals surface area (Å²) in [5.74, 6) is 1.83. The van der Waals surface area contributed by atoms with E-state index in [9.17, 15) is 0 Å². The van der Waals surface area contributed by atoms with Gasteiger partial charge in [-0.1, -0.05) is 19.9 Å². The van der Waals surface area contributed by atoms with Gasteiger partial charge in [0.15, 0.2) is 11.6 Å². The smallest absolute Gasteiger partial charge is 0.191 e. The van der Waals surface area contributed by atoms with E-state index >= 15 is 0 Å². The van der Waals surface area contributed by atoms with Crippen LogP contribution in [0.3, 0.4) is 0 Å². The molecule has 8 heteroatoms. The van der Waals surface area contributed by atoms with E-state index in [0.717, 1.165) is 43.2 Å². The lowest BCUT2D eigenvalue weighted by atomic mass is 9.56. The average Bonchev–Trinajstić information content (AvgIpc) is 3.06. The topological polar surface area (TPSA) is 75.8 Å². The highest BCUT2D eigenvalue weighted by atomic mass is 127. The Kier molecular flexibility index (Phi) is 7.07. The van der Waals surface area contributed by atoms with Crippen LogP contribution < -0.4 is 10.6 Å². The predicted molar refractivity (Wildman–Crippen MR) is 119 cm³/mol. The highest BCUT2D eigenvalue weighted by molar-refractivity contribution is 14.0. The highest BCUT2D eigenvalue weighted by Gasteiger charge is 2.58. The van der Waals surface area contributed by atoms with Gasteiger partial charge in [0.25, 0.3) is 0 Å². The van der Waals surface area contributed by atoms with Gasteiger partial charge in [-0.25, -0.2) is 0 Å². The molecule has 2 aromatic rings. The van der Waals surface area contributed by atoms with E-state index < -0.39 is 0 Å². The number of pyridine rings is 1. The molecule has 1 aliphatic carbocycles. The van der Waals surface area contributed by atoms with Crippen molar-refractivity contribution in [2.75, 3.05) is 20.7 Å². The van der Waals surface area contributed by atoms with Crippen LogP contribution in [0.2, 0.25) is 0 Å². The van der Waals surface area contributed by atoms with Crippen molar-refractivity contribution in [1.29, 1.82) is 0 Å². The molecule has 150 valence electrons. The second-order valence-electron chi connectivity index (χ2n) is 7.71. The van der Waals surface area contributed by atoms with Crippen LogP contribution in [0, 0.1) is 5.41 Å². The minimum atomic E-state index is -0.0851. The Morgan fingerprint density at radius 1 is 1.33 bits per heavy atom. The van der Waals surface area contributed by atoms with Crippen molar-refractivity contribution < 1.29 is 4.74 Å². The molecule has 0 aliphatic heterocycles. The van der Waals surface area contributed by atoms with Crippen LogP contribution >= 0.6 is 24.0 Å². The molecule has 2 heterocycles. The third-order valence-corrected chi connectivity index (χ3v) is 6.07. The Hall–Kier alpha value is -1.42. The summed E-state index contributed by atoms with van der Waals surface area (Å²) in [6.45, 7) is 7.48. The first kappa shape index (κ1) is 21.9. The summed E-state index contributed by atoms with van der Waals surface area (Å²) in [6.07, 6.45) is 4.80. The molecule has 1 fully saturated rings. The van der Waals surface area contributed by atoms with Crippen LogP contribution in [0.1, 0.15) is 39.4 Å². The molecule has 2 atom stereocenters.